The van der Waals surface area contributed by atoms with E-state index < -0.39 is 0 Å². The monoisotopic (exact) mass is 262 g/mol. The van der Waals surface area contributed by atoms with E-state index in [9.17, 15) is 4.39 Å². The smallest absolute Gasteiger partial charge is 0.118 e. The minimum absolute atomic E-state index is 0.670. The van der Waals surface area contributed by atoms with Crippen LogP contribution in [0.4, 0.5) is 4.39 Å². The number of benzene rings is 1. The third-order valence-corrected chi connectivity index (χ3v) is 4.26. The molecule has 2 heteroatoms. The van der Waals surface area contributed by atoms with Gasteiger partial charge in [0.2, 0.25) is 0 Å². The summed E-state index contributed by atoms with van der Waals surface area (Å²) in [5.41, 5.74) is 1.43. The number of allylic oxidation sites excluding steroid dienone is 1. The largest absolute Gasteiger partial charge is 0.497 e. The van der Waals surface area contributed by atoms with Crippen LogP contribution in [-0.4, -0.2) is 7.11 Å². The van der Waals surface area contributed by atoms with E-state index >= 15 is 0 Å². The summed E-state index contributed by atoms with van der Waals surface area (Å²) < 4.78 is 17.1. The lowest BCUT2D eigenvalue weighted by Gasteiger charge is -2.28. The van der Waals surface area contributed by atoms with Crippen molar-refractivity contribution in [3.8, 4) is 5.75 Å². The Morgan fingerprint density at radius 1 is 1.16 bits per heavy atom. The minimum Gasteiger partial charge on any atom is -0.497 e. The van der Waals surface area contributed by atoms with Crippen LogP contribution in [0.1, 0.15) is 50.0 Å². The van der Waals surface area contributed by atoms with Crippen molar-refractivity contribution in [1.82, 2.24) is 0 Å². The van der Waals surface area contributed by atoms with E-state index in [1.807, 2.05) is 12.1 Å². The van der Waals surface area contributed by atoms with E-state index in [4.69, 9.17) is 4.74 Å². The molecule has 0 heterocycles. The first-order valence-electron chi connectivity index (χ1n) is 7.22. The molecule has 1 aliphatic carbocycles. The zero-order valence-corrected chi connectivity index (χ0v) is 11.6. The third kappa shape index (κ3) is 4.09. The van der Waals surface area contributed by atoms with E-state index in [0.29, 0.717) is 12.2 Å². The Bertz CT molecular complexity index is 388. The highest BCUT2D eigenvalue weighted by Crippen LogP contribution is 2.37. The van der Waals surface area contributed by atoms with Crippen LogP contribution in [0, 0.1) is 5.92 Å². The van der Waals surface area contributed by atoms with Gasteiger partial charge in [-0.15, -0.1) is 0 Å². The molecule has 0 N–H and O–H groups in total. The second kappa shape index (κ2) is 7.32. The fourth-order valence-corrected chi connectivity index (χ4v) is 3.06. The molecule has 0 atom stereocenters. The van der Waals surface area contributed by atoms with Crippen LogP contribution in [0.5, 0.6) is 5.75 Å². The van der Waals surface area contributed by atoms with Crippen molar-refractivity contribution in [3.63, 3.8) is 0 Å². The highest BCUT2D eigenvalue weighted by atomic mass is 19.1. The molecular formula is C17H23FO. The molecule has 1 aliphatic rings. The zero-order valence-electron chi connectivity index (χ0n) is 11.6. The second-order valence-corrected chi connectivity index (χ2v) is 5.43. The van der Waals surface area contributed by atoms with E-state index in [2.05, 4.69) is 12.1 Å². The van der Waals surface area contributed by atoms with Gasteiger partial charge in [0.25, 0.3) is 0 Å². The van der Waals surface area contributed by atoms with Gasteiger partial charge in [0.1, 0.15) is 5.75 Å². The topological polar surface area (TPSA) is 9.23 Å². The summed E-state index contributed by atoms with van der Waals surface area (Å²) >= 11 is 0. The van der Waals surface area contributed by atoms with Crippen molar-refractivity contribution in [2.45, 2.75) is 44.4 Å². The van der Waals surface area contributed by atoms with Crippen LogP contribution < -0.4 is 4.74 Å². The molecule has 1 aromatic carbocycles. The summed E-state index contributed by atoms with van der Waals surface area (Å²) in [5, 5.41) is 0. The van der Waals surface area contributed by atoms with Crippen LogP contribution in [0.15, 0.2) is 36.7 Å². The lowest BCUT2D eigenvalue weighted by Crippen LogP contribution is -2.13. The number of halogens is 1. The molecule has 0 unspecified atom stereocenters. The molecule has 1 aromatic rings. The molecule has 2 rings (SSSR count). The van der Waals surface area contributed by atoms with Gasteiger partial charge in [-0.3, -0.25) is 0 Å². The number of hydrogen-bond acceptors (Lipinski definition) is 1. The van der Waals surface area contributed by atoms with E-state index in [1.54, 1.807) is 13.2 Å². The summed E-state index contributed by atoms with van der Waals surface area (Å²) in [6, 6.07) is 8.48. The summed E-state index contributed by atoms with van der Waals surface area (Å²) in [6.07, 6.45) is 9.39. The lowest BCUT2D eigenvalue weighted by molar-refractivity contribution is 0.311. The highest BCUT2D eigenvalue weighted by molar-refractivity contribution is 5.29. The second-order valence-electron chi connectivity index (χ2n) is 5.43. The van der Waals surface area contributed by atoms with Gasteiger partial charge >= 0.3 is 0 Å². The first-order valence-corrected chi connectivity index (χ1v) is 7.22. The number of methoxy groups -OCH3 is 1. The van der Waals surface area contributed by atoms with Crippen molar-refractivity contribution in [2.75, 3.05) is 7.11 Å². The van der Waals surface area contributed by atoms with Crippen LogP contribution in [0.2, 0.25) is 0 Å². The van der Waals surface area contributed by atoms with Crippen molar-refractivity contribution in [3.05, 3.63) is 42.2 Å². The molecule has 0 aromatic heterocycles. The zero-order chi connectivity index (χ0) is 13.5. The van der Waals surface area contributed by atoms with Gasteiger partial charge in [0.05, 0.1) is 13.4 Å². The van der Waals surface area contributed by atoms with Gasteiger partial charge in [-0.05, 0) is 68.1 Å². The van der Waals surface area contributed by atoms with Gasteiger partial charge < -0.3 is 4.74 Å². The molecule has 0 saturated heterocycles. The average molecular weight is 262 g/mol. The Hall–Kier alpha value is -1.31. The summed E-state index contributed by atoms with van der Waals surface area (Å²) in [6.45, 7) is 0. The Morgan fingerprint density at radius 2 is 1.84 bits per heavy atom. The Morgan fingerprint density at radius 3 is 2.42 bits per heavy atom. The fourth-order valence-electron chi connectivity index (χ4n) is 3.06. The number of hydrogen-bond donors (Lipinski definition) is 0. The SMILES string of the molecule is COc1ccc([C@H]2CC[C@H](CCC=CF)CC2)cc1. The maximum absolute atomic E-state index is 11.9. The molecule has 0 aliphatic heterocycles. The van der Waals surface area contributed by atoms with E-state index in [-0.39, 0.29) is 0 Å². The van der Waals surface area contributed by atoms with Gasteiger partial charge in [-0.1, -0.05) is 18.2 Å². The molecule has 104 valence electrons. The Balaban J connectivity index is 1.81. The van der Waals surface area contributed by atoms with Crippen LogP contribution in [-0.2, 0) is 0 Å². The van der Waals surface area contributed by atoms with E-state index in [1.165, 1.54) is 31.2 Å². The predicted molar refractivity (Wildman–Crippen MR) is 77.2 cm³/mol. The van der Waals surface area contributed by atoms with Crippen molar-refractivity contribution < 1.29 is 9.13 Å². The quantitative estimate of drug-likeness (QED) is 0.705. The predicted octanol–water partition coefficient (Wildman–Crippen LogP) is 5.23. The van der Waals surface area contributed by atoms with Crippen LogP contribution in [0.25, 0.3) is 0 Å². The van der Waals surface area contributed by atoms with Crippen LogP contribution in [0.3, 0.4) is 0 Å². The first-order chi connectivity index (χ1) is 9.33. The van der Waals surface area contributed by atoms with Crippen molar-refractivity contribution in [1.29, 1.82) is 0 Å². The Labute approximate surface area is 115 Å². The maximum Gasteiger partial charge on any atom is 0.118 e. The third-order valence-electron chi connectivity index (χ3n) is 4.26. The normalized spacial score (nSPS) is 23.7. The minimum atomic E-state index is 0.670. The molecule has 0 radical (unpaired) electrons. The van der Waals surface area contributed by atoms with Gasteiger partial charge in [-0.25, -0.2) is 4.39 Å². The summed E-state index contributed by atoms with van der Waals surface area (Å²) in [4.78, 5) is 0. The molecule has 0 bridgehead atoms. The van der Waals surface area contributed by atoms with E-state index in [0.717, 1.165) is 24.5 Å². The molecule has 0 spiro atoms. The van der Waals surface area contributed by atoms with Gasteiger partial charge in [-0.2, -0.15) is 0 Å². The molecule has 19 heavy (non-hydrogen) atoms. The molecule has 1 fully saturated rings. The number of rotatable bonds is 5. The fraction of sp³-hybridized carbons (Fsp3) is 0.529. The average Bonchev–Trinajstić information content (AvgIpc) is 2.48. The summed E-state index contributed by atoms with van der Waals surface area (Å²) in [7, 11) is 1.70. The molecular weight excluding hydrogens is 239 g/mol. The summed E-state index contributed by atoms with van der Waals surface area (Å²) in [5.74, 6) is 2.40. The maximum atomic E-state index is 11.9. The molecule has 0 amide bonds. The van der Waals surface area contributed by atoms with Gasteiger partial charge in [0, 0.05) is 0 Å². The van der Waals surface area contributed by atoms with Crippen LogP contribution >= 0.6 is 0 Å². The molecule has 1 nitrogen and oxygen atoms in total. The van der Waals surface area contributed by atoms with Crippen molar-refractivity contribution in [2.24, 2.45) is 5.92 Å². The standard InChI is InChI=1S/C17H23FO/c1-19-17-11-9-16(10-12-17)15-7-5-14(6-8-15)4-2-3-13-18/h3,9-15H,2,4-8H2,1H3/t14-,15-. The lowest BCUT2D eigenvalue weighted by atomic mass is 9.77. The highest BCUT2D eigenvalue weighted by Gasteiger charge is 2.21. The number of ether oxygens (including phenoxy) is 1. The first kappa shape index (κ1) is 14.1. The van der Waals surface area contributed by atoms with Crippen molar-refractivity contribution >= 4 is 0 Å². The molecule has 1 saturated carbocycles. The Kier molecular flexibility index (Phi) is 5.44. The van der Waals surface area contributed by atoms with Gasteiger partial charge in [0.15, 0.2) is 0 Å².